The van der Waals surface area contributed by atoms with E-state index >= 15 is 0 Å². The number of hydrogen-bond acceptors (Lipinski definition) is 4. The third-order valence-corrected chi connectivity index (χ3v) is 6.08. The molecular weight excluding hydrogens is 390 g/mol. The van der Waals surface area contributed by atoms with Gasteiger partial charge in [0.05, 0.1) is 0 Å². The number of imidazole rings is 1. The van der Waals surface area contributed by atoms with E-state index in [4.69, 9.17) is 0 Å². The molecule has 2 rings (SSSR count). The van der Waals surface area contributed by atoms with E-state index < -0.39 is 5.69 Å². The SMILES string of the molecule is CCCCCCCCCCCCCCCCn1c(NCC)nc2c1c(=O)[nH]c(=O)n2C. The minimum atomic E-state index is -0.429. The van der Waals surface area contributed by atoms with Gasteiger partial charge in [-0.25, -0.2) is 4.79 Å². The minimum absolute atomic E-state index is 0.361. The monoisotopic (exact) mass is 433 g/mol. The summed E-state index contributed by atoms with van der Waals surface area (Å²) in [6.45, 7) is 5.72. The second-order valence-electron chi connectivity index (χ2n) is 8.70. The Kier molecular flexibility index (Phi) is 11.5. The third kappa shape index (κ3) is 7.86. The summed E-state index contributed by atoms with van der Waals surface area (Å²) in [6.07, 6.45) is 18.5. The van der Waals surface area contributed by atoms with Crippen molar-refractivity contribution < 1.29 is 0 Å². The maximum Gasteiger partial charge on any atom is 0.329 e. The molecule has 2 aromatic rings. The lowest BCUT2D eigenvalue weighted by molar-refractivity contribution is 0.526. The van der Waals surface area contributed by atoms with Gasteiger partial charge < -0.3 is 9.88 Å². The number of nitrogens with zero attached hydrogens (tertiary/aromatic N) is 3. The molecule has 0 unspecified atom stereocenters. The topological polar surface area (TPSA) is 84.7 Å². The van der Waals surface area contributed by atoms with Crippen LogP contribution in [0.15, 0.2) is 9.59 Å². The molecule has 0 bridgehead atoms. The molecule has 7 nitrogen and oxygen atoms in total. The first-order valence-electron chi connectivity index (χ1n) is 12.5. The first-order chi connectivity index (χ1) is 15.1. The van der Waals surface area contributed by atoms with Gasteiger partial charge in [0.1, 0.15) is 0 Å². The number of aromatic amines is 1. The average Bonchev–Trinajstić information content (AvgIpc) is 3.11. The first kappa shape index (κ1) is 25.2. The summed E-state index contributed by atoms with van der Waals surface area (Å²) >= 11 is 0. The Bertz CT molecular complexity index is 880. The van der Waals surface area contributed by atoms with Crippen LogP contribution >= 0.6 is 0 Å². The number of H-pyrrole nitrogens is 1. The van der Waals surface area contributed by atoms with Crippen molar-refractivity contribution in [2.24, 2.45) is 7.05 Å². The summed E-state index contributed by atoms with van der Waals surface area (Å²) in [5, 5.41) is 3.22. The number of anilines is 1. The van der Waals surface area contributed by atoms with Gasteiger partial charge in [0, 0.05) is 20.1 Å². The lowest BCUT2D eigenvalue weighted by Gasteiger charge is -2.09. The summed E-state index contributed by atoms with van der Waals surface area (Å²) in [5.41, 5.74) is 0.129. The maximum atomic E-state index is 12.4. The molecule has 2 N–H and O–H groups in total. The van der Waals surface area contributed by atoms with Crippen LogP contribution in [-0.2, 0) is 13.6 Å². The molecule has 0 aliphatic rings. The molecule has 0 atom stereocenters. The standard InChI is InChI=1S/C24H43N5O2/c1-4-6-7-8-9-10-11-12-13-14-15-16-17-18-19-29-20-21(26-23(29)25-5-2)28(3)24(31)27-22(20)30/h4-19H2,1-3H3,(H,25,26)(H,27,30,31). The molecule has 0 saturated carbocycles. The van der Waals surface area contributed by atoms with Gasteiger partial charge >= 0.3 is 5.69 Å². The van der Waals surface area contributed by atoms with Crippen molar-refractivity contribution in [3.05, 3.63) is 20.8 Å². The van der Waals surface area contributed by atoms with Crippen LogP contribution in [0, 0.1) is 0 Å². The van der Waals surface area contributed by atoms with Crippen molar-refractivity contribution in [3.63, 3.8) is 0 Å². The Morgan fingerprint density at radius 2 is 1.32 bits per heavy atom. The summed E-state index contributed by atoms with van der Waals surface area (Å²) < 4.78 is 3.33. The van der Waals surface area contributed by atoms with Crippen LogP contribution in [-0.4, -0.2) is 25.6 Å². The van der Waals surface area contributed by atoms with Gasteiger partial charge in [-0.2, -0.15) is 4.98 Å². The van der Waals surface area contributed by atoms with Crippen molar-refractivity contribution in [1.82, 2.24) is 19.1 Å². The smallest absolute Gasteiger partial charge is 0.329 e. The molecule has 176 valence electrons. The zero-order valence-corrected chi connectivity index (χ0v) is 20.0. The molecular formula is C24H43N5O2. The Morgan fingerprint density at radius 1 is 0.806 bits per heavy atom. The third-order valence-electron chi connectivity index (χ3n) is 6.08. The van der Waals surface area contributed by atoms with Crippen LogP contribution in [0.1, 0.15) is 104 Å². The van der Waals surface area contributed by atoms with E-state index in [0.717, 1.165) is 19.4 Å². The van der Waals surface area contributed by atoms with Crippen LogP contribution in [0.2, 0.25) is 0 Å². The summed E-state index contributed by atoms with van der Waals surface area (Å²) in [7, 11) is 1.64. The summed E-state index contributed by atoms with van der Waals surface area (Å²) in [5.74, 6) is 0.666. The molecule has 31 heavy (non-hydrogen) atoms. The zero-order valence-electron chi connectivity index (χ0n) is 20.0. The maximum absolute atomic E-state index is 12.4. The van der Waals surface area contributed by atoms with E-state index in [0.29, 0.717) is 23.7 Å². The van der Waals surface area contributed by atoms with Crippen LogP contribution in [0.4, 0.5) is 5.95 Å². The van der Waals surface area contributed by atoms with Gasteiger partial charge in [0.25, 0.3) is 5.56 Å². The van der Waals surface area contributed by atoms with Gasteiger partial charge in [0.15, 0.2) is 11.2 Å². The molecule has 0 radical (unpaired) electrons. The first-order valence-corrected chi connectivity index (χ1v) is 12.5. The predicted octanol–water partition coefficient (Wildman–Crippen LogP) is 5.34. The number of aryl methyl sites for hydroxylation is 2. The van der Waals surface area contributed by atoms with E-state index in [1.54, 1.807) is 7.05 Å². The number of hydrogen-bond donors (Lipinski definition) is 2. The highest BCUT2D eigenvalue weighted by molar-refractivity contribution is 5.74. The second-order valence-corrected chi connectivity index (χ2v) is 8.70. The van der Waals surface area contributed by atoms with Crippen molar-refractivity contribution >= 4 is 17.1 Å². The fraction of sp³-hybridized carbons (Fsp3) is 0.792. The Labute approximate surface area is 186 Å². The Balaban J connectivity index is 1.68. The van der Waals surface area contributed by atoms with Gasteiger partial charge in [-0.05, 0) is 13.3 Å². The molecule has 0 aliphatic carbocycles. The van der Waals surface area contributed by atoms with Crippen molar-refractivity contribution in [2.75, 3.05) is 11.9 Å². The van der Waals surface area contributed by atoms with E-state index in [2.05, 4.69) is 22.2 Å². The highest BCUT2D eigenvalue weighted by atomic mass is 16.2. The molecule has 0 aromatic carbocycles. The number of aromatic nitrogens is 4. The molecule has 2 aromatic heterocycles. The highest BCUT2D eigenvalue weighted by Crippen LogP contribution is 2.17. The van der Waals surface area contributed by atoms with E-state index in [1.165, 1.54) is 81.6 Å². The average molecular weight is 434 g/mol. The minimum Gasteiger partial charge on any atom is -0.356 e. The summed E-state index contributed by atoms with van der Waals surface area (Å²) in [4.78, 5) is 31.1. The molecule has 0 saturated heterocycles. The molecule has 0 aliphatic heterocycles. The number of unbranched alkanes of at least 4 members (excludes halogenated alkanes) is 13. The molecule has 0 spiro atoms. The Morgan fingerprint density at radius 3 is 1.84 bits per heavy atom. The largest absolute Gasteiger partial charge is 0.356 e. The van der Waals surface area contributed by atoms with Crippen molar-refractivity contribution in [2.45, 2.75) is 110 Å². The van der Waals surface area contributed by atoms with Crippen molar-refractivity contribution in [1.29, 1.82) is 0 Å². The molecule has 0 fully saturated rings. The fourth-order valence-electron chi connectivity index (χ4n) is 4.21. The Hall–Kier alpha value is -2.05. The number of nitrogens with one attached hydrogen (secondary N) is 2. The van der Waals surface area contributed by atoms with Crippen LogP contribution < -0.4 is 16.6 Å². The van der Waals surface area contributed by atoms with Crippen LogP contribution in [0.5, 0.6) is 0 Å². The number of rotatable bonds is 17. The zero-order chi connectivity index (χ0) is 22.5. The second kappa shape index (κ2) is 14.1. The molecule has 2 heterocycles. The van der Waals surface area contributed by atoms with Gasteiger partial charge in [0.2, 0.25) is 5.95 Å². The highest BCUT2D eigenvalue weighted by Gasteiger charge is 2.16. The molecule has 0 amide bonds. The lowest BCUT2D eigenvalue weighted by atomic mass is 10.0. The summed E-state index contributed by atoms with van der Waals surface area (Å²) in [6, 6.07) is 0. The van der Waals surface area contributed by atoms with E-state index in [1.807, 2.05) is 11.5 Å². The van der Waals surface area contributed by atoms with Gasteiger partial charge in [-0.1, -0.05) is 90.4 Å². The van der Waals surface area contributed by atoms with Gasteiger partial charge in [-0.3, -0.25) is 14.3 Å². The molecule has 7 heteroatoms. The predicted molar refractivity (Wildman–Crippen MR) is 130 cm³/mol. The normalized spacial score (nSPS) is 11.5. The van der Waals surface area contributed by atoms with Crippen LogP contribution in [0.25, 0.3) is 11.2 Å². The fourth-order valence-corrected chi connectivity index (χ4v) is 4.21. The van der Waals surface area contributed by atoms with E-state index in [-0.39, 0.29) is 5.56 Å². The van der Waals surface area contributed by atoms with Gasteiger partial charge in [-0.15, -0.1) is 0 Å². The van der Waals surface area contributed by atoms with Crippen molar-refractivity contribution in [3.8, 4) is 0 Å². The lowest BCUT2D eigenvalue weighted by Crippen LogP contribution is -2.29. The van der Waals surface area contributed by atoms with E-state index in [9.17, 15) is 9.59 Å². The quantitative estimate of drug-likeness (QED) is 0.330. The van der Waals surface area contributed by atoms with Crippen LogP contribution in [0.3, 0.4) is 0 Å². The number of fused-ring (bicyclic) bond motifs is 1.